The van der Waals surface area contributed by atoms with E-state index in [2.05, 4.69) is 20.3 Å². The Labute approximate surface area is 238 Å². The van der Waals surface area contributed by atoms with E-state index in [0.717, 1.165) is 16.0 Å². The number of sulfonamides is 1. The number of hydrogen-bond donors (Lipinski definition) is 1. The molecule has 0 unspecified atom stereocenters. The van der Waals surface area contributed by atoms with Crippen molar-refractivity contribution in [1.29, 1.82) is 0 Å². The van der Waals surface area contributed by atoms with E-state index in [4.69, 9.17) is 11.6 Å². The van der Waals surface area contributed by atoms with Crippen LogP contribution in [0.3, 0.4) is 0 Å². The molecule has 0 saturated heterocycles. The third kappa shape index (κ3) is 6.33. The van der Waals surface area contributed by atoms with Crippen molar-refractivity contribution >= 4 is 50.4 Å². The average molecular weight is 582 g/mol. The number of carbonyl (C=O) groups is 1. The van der Waals surface area contributed by atoms with Crippen molar-refractivity contribution in [3.05, 3.63) is 71.4 Å². The summed E-state index contributed by atoms with van der Waals surface area (Å²) >= 11 is 6.01. The highest BCUT2D eigenvalue weighted by molar-refractivity contribution is 7.89. The maximum atomic E-state index is 12.8. The molecule has 0 atom stereocenters. The number of amides is 1. The van der Waals surface area contributed by atoms with Gasteiger partial charge in [0.05, 0.1) is 22.5 Å². The highest BCUT2D eigenvalue weighted by atomic mass is 35.5. The molecule has 2 aromatic heterocycles. The number of aromatic nitrogens is 3. The maximum absolute atomic E-state index is 12.8. The van der Waals surface area contributed by atoms with E-state index in [-0.39, 0.29) is 22.9 Å². The summed E-state index contributed by atoms with van der Waals surface area (Å²) in [5.41, 5.74) is 3.62. The van der Waals surface area contributed by atoms with Crippen LogP contribution in [0.5, 0.6) is 0 Å². The highest BCUT2D eigenvalue weighted by Crippen LogP contribution is 2.28. The molecule has 0 spiro atoms. The van der Waals surface area contributed by atoms with E-state index in [1.807, 2.05) is 26.0 Å². The number of benzene rings is 2. The van der Waals surface area contributed by atoms with Crippen LogP contribution in [0, 0.1) is 0 Å². The molecule has 0 aliphatic rings. The van der Waals surface area contributed by atoms with Gasteiger partial charge in [-0.1, -0.05) is 49.7 Å². The molecular formula is C28H30ClN6O4S-. The summed E-state index contributed by atoms with van der Waals surface area (Å²) in [4.78, 5) is 26.7. The molecule has 0 saturated carbocycles. The largest absolute Gasteiger partial charge is 0.530 e. The minimum atomic E-state index is -3.52. The lowest BCUT2D eigenvalue weighted by Gasteiger charge is -2.23. The molecule has 1 N–H and O–H groups in total. The van der Waals surface area contributed by atoms with Crippen molar-refractivity contribution in [2.24, 2.45) is 0 Å². The molecule has 0 aliphatic carbocycles. The van der Waals surface area contributed by atoms with Crippen LogP contribution in [0.2, 0.25) is 5.02 Å². The molecule has 40 heavy (non-hydrogen) atoms. The summed E-state index contributed by atoms with van der Waals surface area (Å²) in [5, 5.41) is 15.6. The zero-order valence-electron chi connectivity index (χ0n) is 22.5. The summed E-state index contributed by atoms with van der Waals surface area (Å²) in [6.45, 7) is 6.74. The van der Waals surface area contributed by atoms with E-state index in [9.17, 15) is 18.3 Å². The number of pyridine rings is 1. The first-order chi connectivity index (χ1) is 19.2. The van der Waals surface area contributed by atoms with E-state index < -0.39 is 16.1 Å². The Kier molecular flexibility index (Phi) is 9.18. The summed E-state index contributed by atoms with van der Waals surface area (Å²) in [6.07, 6.45) is 0.838. The fraction of sp³-hybridized carbons (Fsp3) is 0.286. The van der Waals surface area contributed by atoms with E-state index in [0.29, 0.717) is 48.0 Å². The average Bonchev–Trinajstić information content (AvgIpc) is 2.94. The van der Waals surface area contributed by atoms with Crippen LogP contribution < -0.4 is 15.3 Å². The molecule has 0 fully saturated rings. The van der Waals surface area contributed by atoms with Crippen molar-refractivity contribution in [1.82, 2.24) is 19.3 Å². The Morgan fingerprint density at radius 2 is 1.65 bits per heavy atom. The van der Waals surface area contributed by atoms with Gasteiger partial charge < -0.3 is 20.1 Å². The molecule has 4 aromatic rings. The number of carbonyl (C=O) groups excluding carboxylic acids is 1. The summed E-state index contributed by atoms with van der Waals surface area (Å²) < 4.78 is 26.9. The summed E-state index contributed by atoms with van der Waals surface area (Å²) in [6, 6.07) is 15.6. The molecule has 10 nitrogen and oxygen atoms in total. The van der Waals surface area contributed by atoms with Gasteiger partial charge in [-0.05, 0) is 43.2 Å². The number of hydrogen-bond acceptors (Lipinski definition) is 8. The minimum absolute atomic E-state index is 0.146. The second-order valence-corrected chi connectivity index (χ2v) is 11.3. The van der Waals surface area contributed by atoms with Crippen LogP contribution in [0.15, 0.2) is 65.7 Å². The molecule has 2 aromatic carbocycles. The fourth-order valence-electron chi connectivity index (χ4n) is 4.29. The van der Waals surface area contributed by atoms with E-state index >= 15 is 0 Å². The third-order valence-corrected chi connectivity index (χ3v) is 8.77. The highest BCUT2D eigenvalue weighted by Gasteiger charge is 2.21. The first-order valence-corrected chi connectivity index (χ1v) is 14.7. The molecule has 12 heteroatoms. The Bertz CT molecular complexity index is 1590. The molecule has 2 heterocycles. The molecule has 1 amide bonds. The molecular weight excluding hydrogens is 552 g/mol. The van der Waals surface area contributed by atoms with Gasteiger partial charge >= 0.3 is 0 Å². The van der Waals surface area contributed by atoms with Crippen LogP contribution in [0.1, 0.15) is 26.3 Å². The van der Waals surface area contributed by atoms with Gasteiger partial charge in [-0.15, -0.1) is 0 Å². The van der Waals surface area contributed by atoms with Crippen molar-refractivity contribution in [2.75, 3.05) is 36.4 Å². The van der Waals surface area contributed by atoms with Gasteiger partial charge in [0.2, 0.25) is 10.0 Å². The Balaban J connectivity index is 1.60. The van der Waals surface area contributed by atoms with Crippen LogP contribution >= 0.6 is 11.6 Å². The maximum Gasteiger partial charge on any atom is 0.243 e. The van der Waals surface area contributed by atoms with Crippen LogP contribution in [0.25, 0.3) is 22.4 Å². The number of nitrogens with zero attached hydrogens (tertiary/aromatic N) is 5. The lowest BCUT2D eigenvalue weighted by atomic mass is 10.1. The number of nitrogens with one attached hydrogen (secondary N) is 1. The lowest BCUT2D eigenvalue weighted by molar-refractivity contribution is -0.246. The van der Waals surface area contributed by atoms with Gasteiger partial charge in [0.1, 0.15) is 17.4 Å². The second kappa shape index (κ2) is 12.6. The predicted molar refractivity (Wildman–Crippen MR) is 155 cm³/mol. The standard InChI is InChI=1S/C28H31ClN6O4S/c1-4-34(5-2)40(38,39)22-13-7-19(8-14-22)15-16-30-23-17-25(35(6-3)28(36)37)33-27-26(23)31-18-24(32-27)20-9-11-21(29)12-10-20/h7-14,17-18H,4-6,15-16H2,1-3H3,(H,36,37)(H,30,32,33)/p-1. The van der Waals surface area contributed by atoms with E-state index in [1.54, 1.807) is 55.6 Å². The first-order valence-electron chi connectivity index (χ1n) is 12.9. The van der Waals surface area contributed by atoms with Crippen molar-refractivity contribution in [3.63, 3.8) is 0 Å². The number of halogens is 1. The smallest absolute Gasteiger partial charge is 0.243 e. The van der Waals surface area contributed by atoms with Crippen molar-refractivity contribution in [2.45, 2.75) is 32.1 Å². The predicted octanol–water partition coefficient (Wildman–Crippen LogP) is 4.20. The molecule has 0 aliphatic heterocycles. The van der Waals surface area contributed by atoms with Crippen LogP contribution in [0.4, 0.5) is 16.3 Å². The number of rotatable bonds is 11. The van der Waals surface area contributed by atoms with Gasteiger partial charge in [0.15, 0.2) is 5.65 Å². The van der Waals surface area contributed by atoms with Gasteiger partial charge in [-0.2, -0.15) is 4.31 Å². The summed E-state index contributed by atoms with van der Waals surface area (Å²) in [5.74, 6) is 0.172. The second-order valence-electron chi connectivity index (χ2n) is 8.88. The van der Waals surface area contributed by atoms with E-state index in [1.165, 1.54) is 4.31 Å². The Morgan fingerprint density at radius 1 is 0.975 bits per heavy atom. The van der Waals surface area contributed by atoms with Gasteiger partial charge in [0.25, 0.3) is 0 Å². The normalized spacial score (nSPS) is 11.6. The molecule has 210 valence electrons. The van der Waals surface area contributed by atoms with Crippen LogP contribution in [-0.2, 0) is 16.4 Å². The molecule has 4 rings (SSSR count). The van der Waals surface area contributed by atoms with Crippen LogP contribution in [-0.4, -0.2) is 59.9 Å². The fourth-order valence-corrected chi connectivity index (χ4v) is 5.87. The lowest BCUT2D eigenvalue weighted by Crippen LogP contribution is -2.41. The minimum Gasteiger partial charge on any atom is -0.530 e. The number of anilines is 2. The van der Waals surface area contributed by atoms with Gasteiger partial charge in [-0.3, -0.25) is 0 Å². The van der Waals surface area contributed by atoms with Crippen molar-refractivity contribution in [3.8, 4) is 11.3 Å². The Morgan fingerprint density at radius 3 is 2.25 bits per heavy atom. The monoisotopic (exact) mass is 581 g/mol. The topological polar surface area (TPSA) is 131 Å². The van der Waals surface area contributed by atoms with Gasteiger partial charge in [0, 0.05) is 42.8 Å². The molecule has 0 bridgehead atoms. The molecule has 0 radical (unpaired) electrons. The zero-order valence-corrected chi connectivity index (χ0v) is 24.0. The SMILES string of the molecule is CCN(C(=O)[O-])c1cc(NCCc2ccc(S(=O)(=O)N(CC)CC)cc2)c2ncc(-c3ccc(Cl)cc3)nc2n1. The number of fused-ring (bicyclic) bond motifs is 1. The summed E-state index contributed by atoms with van der Waals surface area (Å²) in [7, 11) is -3.52. The third-order valence-electron chi connectivity index (χ3n) is 6.45. The quantitative estimate of drug-likeness (QED) is 0.279. The number of carboxylic acid groups (broad SMARTS) is 1. The zero-order chi connectivity index (χ0) is 28.9. The van der Waals surface area contributed by atoms with Gasteiger partial charge in [-0.25, -0.2) is 23.4 Å². The van der Waals surface area contributed by atoms with Crippen molar-refractivity contribution < 1.29 is 18.3 Å². The Hall–Kier alpha value is -3.80. The first kappa shape index (κ1) is 29.2.